The van der Waals surface area contributed by atoms with Crippen LogP contribution in [-0.4, -0.2) is 0 Å². The van der Waals surface area contributed by atoms with E-state index in [1.807, 2.05) is 0 Å². The predicted octanol–water partition coefficient (Wildman–Crippen LogP) is 4.15. The second-order valence-corrected chi connectivity index (χ2v) is 4.51. The number of allylic oxidation sites excluding steroid dienone is 1. The van der Waals surface area contributed by atoms with E-state index in [2.05, 4.69) is 43.8 Å². The van der Waals surface area contributed by atoms with E-state index in [1.54, 1.807) is 0 Å². The van der Waals surface area contributed by atoms with E-state index in [9.17, 15) is 0 Å². The maximum Gasteiger partial charge on any atom is 0.00456 e. The highest BCUT2D eigenvalue weighted by Gasteiger charge is 2.22. The third-order valence-electron chi connectivity index (χ3n) is 3.25. The fourth-order valence-corrected chi connectivity index (χ4v) is 2.43. The van der Waals surface area contributed by atoms with Crippen LogP contribution in [0.4, 0.5) is 0 Å². The van der Waals surface area contributed by atoms with Crippen LogP contribution in [0.2, 0.25) is 0 Å². The van der Waals surface area contributed by atoms with Crippen molar-refractivity contribution in [3.05, 3.63) is 48.0 Å². The smallest absolute Gasteiger partial charge is 0.00456 e. The Hall–Kier alpha value is -1.04. The Morgan fingerprint density at radius 1 is 1.14 bits per heavy atom. The molecule has 0 N–H and O–H groups in total. The Morgan fingerprint density at radius 2 is 1.86 bits per heavy atom. The predicted molar refractivity (Wildman–Crippen MR) is 61.3 cm³/mol. The molecule has 1 aliphatic rings. The highest BCUT2D eigenvalue weighted by molar-refractivity contribution is 5.28. The topological polar surface area (TPSA) is 0 Å². The monoisotopic (exact) mass is 186 g/mol. The molecular formula is C14H18. The first-order valence-corrected chi connectivity index (χ1v) is 5.50. The standard InChI is InChI=1S/C14H18/c1-11-8-9-14(12(2)10-11)13-6-4-3-5-7-13/h3-7,11,14H,2,8-10H2,1H3. The summed E-state index contributed by atoms with van der Waals surface area (Å²) < 4.78 is 0. The molecule has 1 aromatic carbocycles. The van der Waals surface area contributed by atoms with Gasteiger partial charge in [0.2, 0.25) is 0 Å². The van der Waals surface area contributed by atoms with E-state index in [0.29, 0.717) is 5.92 Å². The summed E-state index contributed by atoms with van der Waals surface area (Å²) in [4.78, 5) is 0. The largest absolute Gasteiger partial charge is 0.0992 e. The summed E-state index contributed by atoms with van der Waals surface area (Å²) in [6, 6.07) is 10.8. The van der Waals surface area contributed by atoms with Crippen LogP contribution in [-0.2, 0) is 0 Å². The Kier molecular flexibility index (Phi) is 2.72. The number of hydrogen-bond donors (Lipinski definition) is 0. The van der Waals surface area contributed by atoms with Crippen LogP contribution in [0.25, 0.3) is 0 Å². The zero-order chi connectivity index (χ0) is 9.97. The van der Waals surface area contributed by atoms with Crippen molar-refractivity contribution in [2.24, 2.45) is 5.92 Å². The normalized spacial score (nSPS) is 27.6. The molecule has 1 aliphatic carbocycles. The van der Waals surface area contributed by atoms with Crippen molar-refractivity contribution in [2.75, 3.05) is 0 Å². The molecule has 0 radical (unpaired) electrons. The van der Waals surface area contributed by atoms with E-state index in [0.717, 1.165) is 5.92 Å². The molecule has 74 valence electrons. The molecule has 1 fully saturated rings. The quantitative estimate of drug-likeness (QED) is 0.578. The molecule has 0 nitrogen and oxygen atoms in total. The van der Waals surface area contributed by atoms with E-state index in [4.69, 9.17) is 0 Å². The molecule has 1 aromatic rings. The molecule has 0 heterocycles. The van der Waals surface area contributed by atoms with Gasteiger partial charge in [0.15, 0.2) is 0 Å². The zero-order valence-electron chi connectivity index (χ0n) is 8.87. The first-order chi connectivity index (χ1) is 6.77. The van der Waals surface area contributed by atoms with Gasteiger partial charge in [-0.25, -0.2) is 0 Å². The van der Waals surface area contributed by atoms with Crippen LogP contribution in [0.15, 0.2) is 42.5 Å². The lowest BCUT2D eigenvalue weighted by molar-refractivity contribution is 0.423. The van der Waals surface area contributed by atoms with Gasteiger partial charge in [0.1, 0.15) is 0 Å². The van der Waals surface area contributed by atoms with Crippen molar-refractivity contribution in [3.8, 4) is 0 Å². The summed E-state index contributed by atoms with van der Waals surface area (Å²) in [5.41, 5.74) is 2.87. The van der Waals surface area contributed by atoms with Gasteiger partial charge >= 0.3 is 0 Å². The lowest BCUT2D eigenvalue weighted by atomic mass is 9.76. The van der Waals surface area contributed by atoms with Crippen molar-refractivity contribution in [1.29, 1.82) is 0 Å². The first-order valence-electron chi connectivity index (χ1n) is 5.50. The molecular weight excluding hydrogens is 168 g/mol. The summed E-state index contributed by atoms with van der Waals surface area (Å²) >= 11 is 0. The fraction of sp³-hybridized carbons (Fsp3) is 0.429. The minimum atomic E-state index is 0.618. The van der Waals surface area contributed by atoms with E-state index in [1.165, 1.54) is 30.4 Å². The van der Waals surface area contributed by atoms with Gasteiger partial charge in [0, 0.05) is 5.92 Å². The zero-order valence-corrected chi connectivity index (χ0v) is 8.87. The molecule has 0 spiro atoms. The molecule has 0 heteroatoms. The van der Waals surface area contributed by atoms with Gasteiger partial charge in [-0.15, -0.1) is 0 Å². The second kappa shape index (κ2) is 4.00. The maximum absolute atomic E-state index is 4.22. The van der Waals surface area contributed by atoms with Crippen molar-refractivity contribution in [2.45, 2.75) is 32.1 Å². The SMILES string of the molecule is C=C1CC(C)CCC1c1ccccc1. The highest BCUT2D eigenvalue weighted by Crippen LogP contribution is 2.38. The van der Waals surface area contributed by atoms with Crippen molar-refractivity contribution in [1.82, 2.24) is 0 Å². The number of rotatable bonds is 1. The Morgan fingerprint density at radius 3 is 2.50 bits per heavy atom. The molecule has 0 aliphatic heterocycles. The second-order valence-electron chi connectivity index (χ2n) is 4.51. The Balaban J connectivity index is 2.16. The molecule has 2 rings (SSSR count). The summed E-state index contributed by atoms with van der Waals surface area (Å²) in [5, 5.41) is 0. The van der Waals surface area contributed by atoms with E-state index >= 15 is 0 Å². The fourth-order valence-electron chi connectivity index (χ4n) is 2.43. The molecule has 0 bridgehead atoms. The van der Waals surface area contributed by atoms with Crippen LogP contribution in [0.5, 0.6) is 0 Å². The Bertz CT molecular complexity index is 310. The molecule has 2 unspecified atom stereocenters. The van der Waals surface area contributed by atoms with Gasteiger partial charge in [-0.1, -0.05) is 49.4 Å². The average Bonchev–Trinajstić information content (AvgIpc) is 2.19. The first kappa shape index (κ1) is 9.51. The number of benzene rings is 1. The van der Waals surface area contributed by atoms with Gasteiger partial charge in [-0.2, -0.15) is 0 Å². The lowest BCUT2D eigenvalue weighted by Gasteiger charge is -2.29. The molecule has 0 aromatic heterocycles. The number of hydrogen-bond acceptors (Lipinski definition) is 0. The van der Waals surface area contributed by atoms with Gasteiger partial charge < -0.3 is 0 Å². The summed E-state index contributed by atoms with van der Waals surface area (Å²) in [7, 11) is 0. The summed E-state index contributed by atoms with van der Waals surface area (Å²) in [6.07, 6.45) is 3.84. The van der Waals surface area contributed by atoms with Crippen LogP contribution in [0, 0.1) is 5.92 Å². The van der Waals surface area contributed by atoms with Crippen LogP contribution >= 0.6 is 0 Å². The molecule has 0 amide bonds. The average molecular weight is 186 g/mol. The van der Waals surface area contributed by atoms with Crippen molar-refractivity contribution < 1.29 is 0 Å². The lowest BCUT2D eigenvalue weighted by Crippen LogP contribution is -2.13. The summed E-state index contributed by atoms with van der Waals surface area (Å²) in [6.45, 7) is 6.55. The van der Waals surface area contributed by atoms with Gasteiger partial charge in [-0.3, -0.25) is 0 Å². The molecule has 2 atom stereocenters. The summed E-state index contributed by atoms with van der Waals surface area (Å²) in [5.74, 6) is 1.45. The molecule has 14 heavy (non-hydrogen) atoms. The van der Waals surface area contributed by atoms with Crippen molar-refractivity contribution >= 4 is 0 Å². The van der Waals surface area contributed by atoms with Gasteiger partial charge in [0.05, 0.1) is 0 Å². The van der Waals surface area contributed by atoms with Crippen LogP contribution in [0.1, 0.15) is 37.7 Å². The van der Waals surface area contributed by atoms with Gasteiger partial charge in [0.25, 0.3) is 0 Å². The van der Waals surface area contributed by atoms with Gasteiger partial charge in [-0.05, 0) is 30.7 Å². The molecule has 1 saturated carbocycles. The third kappa shape index (κ3) is 1.89. The minimum absolute atomic E-state index is 0.618. The van der Waals surface area contributed by atoms with Crippen LogP contribution in [0.3, 0.4) is 0 Å². The molecule has 0 saturated heterocycles. The highest BCUT2D eigenvalue weighted by atomic mass is 14.3. The van der Waals surface area contributed by atoms with Crippen LogP contribution < -0.4 is 0 Å². The maximum atomic E-state index is 4.22. The van der Waals surface area contributed by atoms with Crippen molar-refractivity contribution in [3.63, 3.8) is 0 Å². The minimum Gasteiger partial charge on any atom is -0.0992 e. The third-order valence-corrected chi connectivity index (χ3v) is 3.25. The van der Waals surface area contributed by atoms with E-state index < -0.39 is 0 Å². The van der Waals surface area contributed by atoms with E-state index in [-0.39, 0.29) is 0 Å². The Labute approximate surface area is 86.7 Å².